The number of amides is 1. The zero-order valence-electron chi connectivity index (χ0n) is 19.2. The summed E-state index contributed by atoms with van der Waals surface area (Å²) in [4.78, 5) is 33.5. The average molecular weight is 495 g/mol. The topological polar surface area (TPSA) is 86.9 Å². The van der Waals surface area contributed by atoms with Gasteiger partial charge in [-0.1, -0.05) is 67.3 Å². The van der Waals surface area contributed by atoms with Crippen LogP contribution in [-0.2, 0) is 4.79 Å². The molecule has 2 N–H and O–H groups in total. The van der Waals surface area contributed by atoms with Gasteiger partial charge in [-0.2, -0.15) is 0 Å². The predicted octanol–water partition coefficient (Wildman–Crippen LogP) is 4.15. The van der Waals surface area contributed by atoms with Crippen LogP contribution in [0.5, 0.6) is 0 Å². The Morgan fingerprint density at radius 2 is 1.94 bits per heavy atom. The Labute approximate surface area is 207 Å². The Kier molecular flexibility index (Phi) is 7.16. The summed E-state index contributed by atoms with van der Waals surface area (Å²) in [7, 11) is 0. The van der Waals surface area contributed by atoms with Crippen molar-refractivity contribution < 1.29 is 9.90 Å². The number of aromatic nitrogens is 2. The highest BCUT2D eigenvalue weighted by atomic mass is 32.2. The van der Waals surface area contributed by atoms with E-state index in [0.717, 1.165) is 11.1 Å². The number of pyridine rings is 1. The monoisotopic (exact) mass is 494 g/mol. The third kappa shape index (κ3) is 4.51. The van der Waals surface area contributed by atoms with Gasteiger partial charge in [0.1, 0.15) is 15.8 Å². The molecule has 9 heteroatoms. The summed E-state index contributed by atoms with van der Waals surface area (Å²) < 4.78 is 1.91. The predicted molar refractivity (Wildman–Crippen MR) is 141 cm³/mol. The van der Waals surface area contributed by atoms with Gasteiger partial charge in [-0.05, 0) is 43.5 Å². The lowest BCUT2D eigenvalue weighted by atomic mass is 10.1. The van der Waals surface area contributed by atoms with Crippen molar-refractivity contribution in [1.82, 2.24) is 14.3 Å². The van der Waals surface area contributed by atoms with E-state index < -0.39 is 0 Å². The molecule has 34 heavy (non-hydrogen) atoms. The van der Waals surface area contributed by atoms with E-state index in [1.165, 1.54) is 16.2 Å². The van der Waals surface area contributed by atoms with Crippen LogP contribution in [0.15, 0.2) is 58.4 Å². The number of thioether (sulfide) groups is 1. The summed E-state index contributed by atoms with van der Waals surface area (Å²) in [6.07, 6.45) is 3.86. The summed E-state index contributed by atoms with van der Waals surface area (Å²) in [6, 6.07) is 12.8. The molecule has 3 heterocycles. The number of thiocarbonyl (C=S) groups is 1. The summed E-state index contributed by atoms with van der Waals surface area (Å²) in [5.41, 5.74) is 2.28. The maximum atomic E-state index is 13.5. The van der Waals surface area contributed by atoms with Gasteiger partial charge in [-0.25, -0.2) is 4.98 Å². The molecule has 1 aliphatic rings. The first-order chi connectivity index (χ1) is 16.3. The lowest BCUT2D eigenvalue weighted by molar-refractivity contribution is -0.123. The van der Waals surface area contributed by atoms with E-state index in [9.17, 15) is 14.7 Å². The Balaban J connectivity index is 1.80. The number of anilines is 1. The number of carbonyl (C=O) groups excluding carboxylic acids is 1. The van der Waals surface area contributed by atoms with E-state index in [0.29, 0.717) is 27.1 Å². The second-order valence-corrected chi connectivity index (χ2v) is 9.81. The van der Waals surface area contributed by atoms with Crippen molar-refractivity contribution in [2.75, 3.05) is 11.9 Å². The second-order valence-electron chi connectivity index (χ2n) is 8.13. The summed E-state index contributed by atoms with van der Waals surface area (Å²) >= 11 is 6.71. The summed E-state index contributed by atoms with van der Waals surface area (Å²) in [5, 5.41) is 12.9. The molecule has 1 fully saturated rings. The molecule has 4 rings (SSSR count). The van der Waals surface area contributed by atoms with Crippen LogP contribution in [-0.4, -0.2) is 42.3 Å². The van der Waals surface area contributed by atoms with Crippen molar-refractivity contribution in [2.24, 2.45) is 0 Å². The fourth-order valence-corrected chi connectivity index (χ4v) is 5.25. The molecule has 1 aliphatic heterocycles. The molecule has 0 unspecified atom stereocenters. The highest BCUT2D eigenvalue weighted by Gasteiger charge is 2.36. The van der Waals surface area contributed by atoms with Gasteiger partial charge in [0.15, 0.2) is 0 Å². The van der Waals surface area contributed by atoms with E-state index in [2.05, 4.69) is 10.3 Å². The minimum atomic E-state index is -0.301. The Hall–Kier alpha value is -3.01. The van der Waals surface area contributed by atoms with Gasteiger partial charge in [0, 0.05) is 6.20 Å². The molecule has 7 nitrogen and oxygen atoms in total. The number of nitrogens with one attached hydrogen (secondary N) is 1. The molecule has 176 valence electrons. The van der Waals surface area contributed by atoms with Crippen molar-refractivity contribution >= 4 is 51.7 Å². The van der Waals surface area contributed by atoms with Gasteiger partial charge in [-0.3, -0.25) is 18.9 Å². The smallest absolute Gasteiger partial charge is 0.267 e. The van der Waals surface area contributed by atoms with Crippen molar-refractivity contribution in [1.29, 1.82) is 0 Å². The first-order valence-corrected chi connectivity index (χ1v) is 12.3. The molecule has 1 amide bonds. The molecule has 1 saturated heterocycles. The molecule has 2 aromatic heterocycles. The maximum Gasteiger partial charge on any atom is 0.267 e. The maximum absolute atomic E-state index is 13.5. The highest BCUT2D eigenvalue weighted by Crippen LogP contribution is 2.38. The third-order valence-corrected chi connectivity index (χ3v) is 7.24. The molecule has 1 aromatic carbocycles. The van der Waals surface area contributed by atoms with E-state index >= 15 is 0 Å². The lowest BCUT2D eigenvalue weighted by Gasteiger charge is -2.23. The zero-order chi connectivity index (χ0) is 24.4. The van der Waals surface area contributed by atoms with Crippen molar-refractivity contribution in [3.63, 3.8) is 0 Å². The third-order valence-electron chi connectivity index (χ3n) is 5.91. The number of aryl methyl sites for hydroxylation is 1. The van der Waals surface area contributed by atoms with Gasteiger partial charge >= 0.3 is 0 Å². The quantitative estimate of drug-likeness (QED) is 0.377. The van der Waals surface area contributed by atoms with Gasteiger partial charge in [0.25, 0.3) is 11.5 Å². The number of fused-ring (bicyclic) bond motifs is 1. The van der Waals surface area contributed by atoms with Crippen LogP contribution >= 0.6 is 24.0 Å². The normalized spacial score (nSPS) is 16.9. The van der Waals surface area contributed by atoms with Crippen molar-refractivity contribution in [3.05, 3.63) is 80.6 Å². The zero-order valence-corrected chi connectivity index (χ0v) is 20.8. The van der Waals surface area contributed by atoms with Crippen LogP contribution in [0.25, 0.3) is 11.7 Å². The second kappa shape index (κ2) is 10.1. The molecular weight excluding hydrogens is 468 g/mol. The van der Waals surface area contributed by atoms with Gasteiger partial charge in [-0.15, -0.1) is 0 Å². The van der Waals surface area contributed by atoms with Crippen LogP contribution < -0.4 is 10.9 Å². The van der Waals surface area contributed by atoms with Crippen LogP contribution in [0.2, 0.25) is 0 Å². The summed E-state index contributed by atoms with van der Waals surface area (Å²) in [6.45, 7) is 5.63. The van der Waals surface area contributed by atoms with Crippen LogP contribution in [0.3, 0.4) is 0 Å². The first kappa shape index (κ1) is 24.1. The molecule has 3 aromatic rings. The van der Waals surface area contributed by atoms with E-state index in [1.807, 2.05) is 57.2 Å². The van der Waals surface area contributed by atoms with Crippen LogP contribution in [0.4, 0.5) is 5.82 Å². The first-order valence-electron chi connectivity index (χ1n) is 11.1. The van der Waals surface area contributed by atoms with E-state index in [4.69, 9.17) is 12.2 Å². The number of hydrogen-bond donors (Lipinski definition) is 2. The summed E-state index contributed by atoms with van der Waals surface area (Å²) in [5.74, 6) is 0.0850. The molecular formula is C25H26N4O3S2. The average Bonchev–Trinajstić information content (AvgIpc) is 3.12. The van der Waals surface area contributed by atoms with Crippen molar-refractivity contribution in [3.8, 4) is 0 Å². The SMILES string of the molecule is CC[C@H](CO)Nc1nc2c(C)cccn2c(=O)c1/C=C1/SC(=S)N([C@@H](C)c2ccccc2)C1=O. The number of aliphatic hydroxyl groups is 1. The van der Waals surface area contributed by atoms with E-state index in [-0.39, 0.29) is 35.7 Å². The Morgan fingerprint density at radius 1 is 1.21 bits per heavy atom. The minimum absolute atomic E-state index is 0.110. The number of aliphatic hydroxyl groups excluding tert-OH is 1. The highest BCUT2D eigenvalue weighted by molar-refractivity contribution is 8.26. The van der Waals surface area contributed by atoms with Crippen LogP contribution in [0.1, 0.15) is 43.0 Å². The number of benzene rings is 1. The fourth-order valence-electron chi connectivity index (χ4n) is 3.85. The molecule has 0 radical (unpaired) electrons. The number of rotatable bonds is 7. The molecule has 0 bridgehead atoms. The number of hydrogen-bond acceptors (Lipinski definition) is 7. The Morgan fingerprint density at radius 3 is 2.62 bits per heavy atom. The fraction of sp³-hybridized carbons (Fsp3) is 0.280. The molecule has 0 saturated carbocycles. The minimum Gasteiger partial charge on any atom is -0.394 e. The van der Waals surface area contributed by atoms with Crippen LogP contribution in [0, 0.1) is 6.92 Å². The lowest BCUT2D eigenvalue weighted by Crippen LogP contribution is -2.31. The van der Waals surface area contributed by atoms with E-state index in [1.54, 1.807) is 23.2 Å². The molecule has 2 atom stereocenters. The molecule has 0 spiro atoms. The van der Waals surface area contributed by atoms with Gasteiger partial charge in [0.05, 0.1) is 29.2 Å². The standard InChI is InChI=1S/C25H26N4O3S2/c1-4-18(14-30)26-21-19(23(31)28-12-8-9-15(2)22(28)27-21)13-20-24(32)29(25(33)34-20)16(3)17-10-6-5-7-11-17/h5-13,16,18,26,30H,4,14H2,1-3H3/b20-13+/t16-,18+/m0/s1. The largest absolute Gasteiger partial charge is 0.394 e. The molecule has 0 aliphatic carbocycles. The van der Waals surface area contributed by atoms with Gasteiger partial charge < -0.3 is 10.4 Å². The number of nitrogens with zero attached hydrogens (tertiary/aromatic N) is 3. The Bertz CT molecular complexity index is 1330. The van der Waals surface area contributed by atoms with Gasteiger partial charge in [0.2, 0.25) is 0 Å². The number of carbonyl (C=O) groups is 1. The van der Waals surface area contributed by atoms with Crippen molar-refractivity contribution in [2.45, 2.75) is 39.3 Å².